The number of unbranched alkanes of at least 4 members (excludes halogenated alkanes) is 13. The first kappa shape index (κ1) is 28.9. The number of carbonyl (C=O) groups is 2. The third-order valence-corrected chi connectivity index (χ3v) is 5.72. The number of aliphatic carboxylic acids is 1. The van der Waals surface area contributed by atoms with Crippen LogP contribution in [0.5, 0.6) is 0 Å². The zero-order chi connectivity index (χ0) is 22.7. The second-order valence-electron chi connectivity index (χ2n) is 9.50. The first-order chi connectivity index (χ1) is 14.3. The van der Waals surface area contributed by atoms with Gasteiger partial charge in [-0.3, -0.25) is 4.79 Å². The van der Waals surface area contributed by atoms with E-state index in [0.717, 1.165) is 19.3 Å². The van der Waals surface area contributed by atoms with Crippen LogP contribution in [0.15, 0.2) is 0 Å². The minimum Gasteiger partial charge on any atom is -0.544 e. The number of ether oxygens (including phenoxy) is 1. The Balaban J connectivity index is 3.83. The van der Waals surface area contributed by atoms with Crippen LogP contribution in [0.25, 0.3) is 0 Å². The van der Waals surface area contributed by atoms with Crippen molar-refractivity contribution in [3.8, 4) is 0 Å². The minimum absolute atomic E-state index is 0.0705. The fourth-order valence-corrected chi connectivity index (χ4v) is 3.99. The van der Waals surface area contributed by atoms with Gasteiger partial charge in [0.15, 0.2) is 6.10 Å². The summed E-state index contributed by atoms with van der Waals surface area (Å²) in [4.78, 5) is 22.7. The van der Waals surface area contributed by atoms with Crippen LogP contribution in [-0.2, 0) is 14.3 Å². The van der Waals surface area contributed by atoms with Crippen molar-refractivity contribution in [2.45, 2.75) is 123 Å². The lowest BCUT2D eigenvalue weighted by Crippen LogP contribution is -2.52. The van der Waals surface area contributed by atoms with Crippen LogP contribution in [0.1, 0.15) is 117 Å². The molecule has 1 unspecified atom stereocenters. The first-order valence-electron chi connectivity index (χ1n) is 12.5. The van der Waals surface area contributed by atoms with E-state index in [9.17, 15) is 14.7 Å². The van der Waals surface area contributed by atoms with Crippen LogP contribution in [0.3, 0.4) is 0 Å². The molecule has 0 aliphatic heterocycles. The van der Waals surface area contributed by atoms with Gasteiger partial charge in [-0.25, -0.2) is 0 Å². The number of hydrogen-bond acceptors (Lipinski definition) is 4. The predicted octanol–water partition coefficient (Wildman–Crippen LogP) is 5.01. The maximum absolute atomic E-state index is 11.7. The molecule has 5 nitrogen and oxygen atoms in total. The topological polar surface area (TPSA) is 66.4 Å². The molecule has 0 aliphatic rings. The van der Waals surface area contributed by atoms with Crippen molar-refractivity contribution in [1.82, 2.24) is 0 Å². The summed E-state index contributed by atoms with van der Waals surface area (Å²) in [5.41, 5.74) is 0. The summed E-state index contributed by atoms with van der Waals surface area (Å²) in [5, 5.41) is 10.9. The molecule has 5 heteroatoms. The molecule has 0 heterocycles. The van der Waals surface area contributed by atoms with Crippen molar-refractivity contribution in [2.24, 2.45) is 0 Å². The Bertz CT molecular complexity index is 437. The molecule has 0 bridgehead atoms. The first-order valence-corrected chi connectivity index (χ1v) is 12.5. The third-order valence-electron chi connectivity index (χ3n) is 5.72. The largest absolute Gasteiger partial charge is 0.544 e. The van der Waals surface area contributed by atoms with Crippen molar-refractivity contribution in [2.75, 3.05) is 27.2 Å². The van der Waals surface area contributed by atoms with E-state index in [1.807, 2.05) is 14.1 Å². The zero-order valence-electron chi connectivity index (χ0n) is 20.4. The van der Waals surface area contributed by atoms with Crippen LogP contribution < -0.4 is 5.11 Å². The molecular formula is C25H49NO4. The Morgan fingerprint density at radius 3 is 1.60 bits per heavy atom. The number of quaternary nitrogens is 1. The fourth-order valence-electron chi connectivity index (χ4n) is 3.99. The van der Waals surface area contributed by atoms with Crippen molar-refractivity contribution < 1.29 is 23.9 Å². The van der Waals surface area contributed by atoms with E-state index in [0.29, 0.717) is 13.0 Å². The molecule has 0 saturated heterocycles. The number of carboxylic acid groups (broad SMARTS) is 1. The van der Waals surface area contributed by atoms with Crippen molar-refractivity contribution in [3.63, 3.8) is 0 Å². The van der Waals surface area contributed by atoms with Gasteiger partial charge in [0.2, 0.25) is 0 Å². The minimum atomic E-state index is -1.07. The second kappa shape index (κ2) is 18.7. The molecule has 0 amide bonds. The lowest BCUT2D eigenvalue weighted by molar-refractivity contribution is -0.887. The van der Waals surface area contributed by atoms with E-state index in [4.69, 9.17) is 4.74 Å². The van der Waals surface area contributed by atoms with E-state index < -0.39 is 5.97 Å². The number of rotatable bonds is 21. The molecule has 1 atom stereocenters. The van der Waals surface area contributed by atoms with Gasteiger partial charge in [-0.05, 0) is 12.8 Å². The van der Waals surface area contributed by atoms with Gasteiger partial charge in [0.05, 0.1) is 20.1 Å². The molecule has 0 aromatic carbocycles. The standard InChI is InChI=1S/C25H49NO4/c1-5-7-8-9-10-11-12-13-14-15-16-17-18-19-20-23(30-25(29)6-2)21-26(3,4)22-24(27)28/h23H,5-22H2,1-4H3. The zero-order valence-corrected chi connectivity index (χ0v) is 20.4. The molecule has 0 spiro atoms. The van der Waals surface area contributed by atoms with Crippen LogP contribution in [0, 0.1) is 0 Å². The molecule has 30 heavy (non-hydrogen) atoms. The molecule has 0 fully saturated rings. The average Bonchev–Trinajstić information content (AvgIpc) is 2.66. The summed E-state index contributed by atoms with van der Waals surface area (Å²) in [5.74, 6) is -1.28. The van der Waals surface area contributed by atoms with Gasteiger partial charge in [-0.15, -0.1) is 0 Å². The van der Waals surface area contributed by atoms with Crippen molar-refractivity contribution >= 4 is 11.9 Å². The summed E-state index contributed by atoms with van der Waals surface area (Å²) in [6, 6.07) is 0. The lowest BCUT2D eigenvalue weighted by Gasteiger charge is -2.33. The smallest absolute Gasteiger partial charge is 0.305 e. The maximum Gasteiger partial charge on any atom is 0.305 e. The molecule has 0 aliphatic carbocycles. The highest BCUT2D eigenvalue weighted by atomic mass is 16.5. The number of nitrogens with zero attached hydrogens (tertiary/aromatic N) is 1. The lowest BCUT2D eigenvalue weighted by atomic mass is 10.0. The Kier molecular flexibility index (Phi) is 18.0. The number of hydrogen-bond donors (Lipinski definition) is 0. The van der Waals surface area contributed by atoms with Gasteiger partial charge < -0.3 is 19.1 Å². The predicted molar refractivity (Wildman–Crippen MR) is 122 cm³/mol. The van der Waals surface area contributed by atoms with Gasteiger partial charge in [-0.1, -0.05) is 97.3 Å². The summed E-state index contributed by atoms with van der Waals surface area (Å²) in [6.07, 6.45) is 19.4. The molecule has 178 valence electrons. The molecule has 0 aromatic heterocycles. The van der Waals surface area contributed by atoms with Gasteiger partial charge in [0.25, 0.3) is 0 Å². The van der Waals surface area contributed by atoms with E-state index in [-0.39, 0.29) is 23.1 Å². The number of likely N-dealkylation sites (N-methyl/N-ethyl adjacent to an activating group) is 1. The third kappa shape index (κ3) is 18.9. The number of carbonyl (C=O) groups excluding carboxylic acids is 2. The normalized spacial score (nSPS) is 12.7. The Morgan fingerprint density at radius 1 is 0.767 bits per heavy atom. The van der Waals surface area contributed by atoms with E-state index in [1.54, 1.807) is 6.92 Å². The Labute approximate surface area is 186 Å². The van der Waals surface area contributed by atoms with Gasteiger partial charge >= 0.3 is 5.97 Å². The average molecular weight is 428 g/mol. The monoisotopic (exact) mass is 427 g/mol. The van der Waals surface area contributed by atoms with Crippen molar-refractivity contribution in [3.05, 3.63) is 0 Å². The summed E-state index contributed by atoms with van der Waals surface area (Å²) >= 11 is 0. The highest BCUT2D eigenvalue weighted by Gasteiger charge is 2.24. The number of carboxylic acids is 1. The van der Waals surface area contributed by atoms with E-state index >= 15 is 0 Å². The molecule has 0 aromatic rings. The number of esters is 1. The quantitative estimate of drug-likeness (QED) is 0.147. The van der Waals surface area contributed by atoms with E-state index in [2.05, 4.69) is 6.92 Å². The summed E-state index contributed by atoms with van der Waals surface area (Å²) in [6.45, 7) is 4.49. The van der Waals surface area contributed by atoms with Gasteiger partial charge in [0.1, 0.15) is 13.1 Å². The van der Waals surface area contributed by atoms with E-state index in [1.165, 1.54) is 77.0 Å². The maximum atomic E-state index is 11.7. The molecule has 0 radical (unpaired) electrons. The highest BCUT2D eigenvalue weighted by Crippen LogP contribution is 2.16. The molecule has 0 N–H and O–H groups in total. The van der Waals surface area contributed by atoms with Crippen LogP contribution in [0.2, 0.25) is 0 Å². The fraction of sp³-hybridized carbons (Fsp3) is 0.920. The molecular weight excluding hydrogens is 378 g/mol. The Hall–Kier alpha value is -1.10. The second-order valence-corrected chi connectivity index (χ2v) is 9.50. The van der Waals surface area contributed by atoms with Gasteiger partial charge in [-0.2, -0.15) is 0 Å². The highest BCUT2D eigenvalue weighted by molar-refractivity contribution is 5.69. The SMILES string of the molecule is CCCCCCCCCCCCCCCCC(C[N+](C)(C)CC(=O)[O-])OC(=O)CC. The molecule has 0 saturated carbocycles. The van der Waals surface area contributed by atoms with Crippen molar-refractivity contribution in [1.29, 1.82) is 0 Å². The van der Waals surface area contributed by atoms with Gasteiger partial charge in [0, 0.05) is 6.42 Å². The summed E-state index contributed by atoms with van der Waals surface area (Å²) < 4.78 is 5.83. The van der Waals surface area contributed by atoms with Crippen LogP contribution in [-0.4, -0.2) is 49.7 Å². The molecule has 0 rings (SSSR count). The Morgan fingerprint density at radius 2 is 1.20 bits per heavy atom. The van der Waals surface area contributed by atoms with Crippen LogP contribution >= 0.6 is 0 Å². The van der Waals surface area contributed by atoms with Crippen LogP contribution in [0.4, 0.5) is 0 Å². The summed E-state index contributed by atoms with van der Waals surface area (Å²) in [7, 11) is 3.68.